The van der Waals surface area contributed by atoms with E-state index in [1.807, 2.05) is 18.3 Å². The minimum absolute atomic E-state index is 0.103. The molecule has 7 heteroatoms. The lowest BCUT2D eigenvalue weighted by atomic mass is 10.1. The van der Waals surface area contributed by atoms with E-state index in [1.54, 1.807) is 29.6 Å². The number of nitrogens with zero attached hydrogens (tertiary/aromatic N) is 4. The highest BCUT2D eigenvalue weighted by atomic mass is 16.5. The number of aromatic nitrogens is 3. The molecule has 0 radical (unpaired) electrons. The summed E-state index contributed by atoms with van der Waals surface area (Å²) in [5.74, 6) is 1.10. The molecular weight excluding hydrogens is 318 g/mol. The fraction of sp³-hybridized carbons (Fsp3) is 0.389. The molecule has 1 aliphatic heterocycles. The number of imidazole rings is 1. The van der Waals surface area contributed by atoms with Crippen molar-refractivity contribution in [3.63, 3.8) is 0 Å². The van der Waals surface area contributed by atoms with E-state index in [2.05, 4.69) is 26.4 Å². The van der Waals surface area contributed by atoms with E-state index >= 15 is 0 Å². The quantitative estimate of drug-likeness (QED) is 0.643. The third-order valence-corrected chi connectivity index (χ3v) is 4.11. The van der Waals surface area contributed by atoms with Gasteiger partial charge in [0.15, 0.2) is 0 Å². The van der Waals surface area contributed by atoms with Crippen LogP contribution in [0.5, 0.6) is 0 Å². The molecule has 132 valence electrons. The summed E-state index contributed by atoms with van der Waals surface area (Å²) in [6.07, 6.45) is 8.92. The van der Waals surface area contributed by atoms with Gasteiger partial charge in [0.05, 0.1) is 19.8 Å². The number of ether oxygens (including phenoxy) is 1. The molecule has 0 fully saturated rings. The van der Waals surface area contributed by atoms with E-state index in [-0.39, 0.29) is 11.9 Å². The van der Waals surface area contributed by atoms with Crippen LogP contribution in [0.15, 0.2) is 49.6 Å². The predicted molar refractivity (Wildman–Crippen MR) is 93.6 cm³/mol. The van der Waals surface area contributed by atoms with Gasteiger partial charge in [0.1, 0.15) is 5.82 Å². The fourth-order valence-electron chi connectivity index (χ4n) is 2.91. The van der Waals surface area contributed by atoms with E-state index in [4.69, 9.17) is 4.74 Å². The maximum absolute atomic E-state index is 12.6. The summed E-state index contributed by atoms with van der Waals surface area (Å²) in [5.41, 5.74) is 0.970. The second kappa shape index (κ2) is 8.43. The highest BCUT2D eigenvalue weighted by molar-refractivity contribution is 5.74. The smallest absolute Gasteiger partial charge is 0.318 e. The Kier molecular flexibility index (Phi) is 5.79. The molecule has 2 aromatic heterocycles. The molecule has 0 spiro atoms. The number of amides is 2. The van der Waals surface area contributed by atoms with Crippen LogP contribution in [-0.2, 0) is 24.4 Å². The van der Waals surface area contributed by atoms with Crippen molar-refractivity contribution in [2.45, 2.75) is 19.6 Å². The summed E-state index contributed by atoms with van der Waals surface area (Å²) in [5, 5.41) is 2.96. The molecule has 0 unspecified atom stereocenters. The van der Waals surface area contributed by atoms with E-state index in [0.717, 1.165) is 17.9 Å². The number of pyridine rings is 1. The third-order valence-electron chi connectivity index (χ3n) is 4.11. The average molecular weight is 341 g/mol. The van der Waals surface area contributed by atoms with Gasteiger partial charge in [-0.15, -0.1) is 6.58 Å². The maximum Gasteiger partial charge on any atom is 0.318 e. The second-order valence-corrected chi connectivity index (χ2v) is 6.09. The van der Waals surface area contributed by atoms with Gasteiger partial charge >= 0.3 is 6.03 Å². The van der Waals surface area contributed by atoms with Crippen LogP contribution in [0.25, 0.3) is 0 Å². The summed E-state index contributed by atoms with van der Waals surface area (Å²) >= 11 is 0. The van der Waals surface area contributed by atoms with Crippen molar-refractivity contribution in [2.24, 2.45) is 5.92 Å². The van der Waals surface area contributed by atoms with Crippen molar-refractivity contribution >= 4 is 6.03 Å². The van der Waals surface area contributed by atoms with Crippen LogP contribution in [-0.4, -0.2) is 45.2 Å². The molecule has 2 aromatic rings. The molecule has 0 aliphatic carbocycles. The van der Waals surface area contributed by atoms with Gasteiger partial charge in [-0.05, 0) is 11.6 Å². The lowest BCUT2D eigenvalue weighted by Gasteiger charge is -2.24. The summed E-state index contributed by atoms with van der Waals surface area (Å²) in [7, 11) is 0. The first-order valence-corrected chi connectivity index (χ1v) is 8.36. The zero-order valence-electron chi connectivity index (χ0n) is 14.2. The minimum atomic E-state index is -0.103. The van der Waals surface area contributed by atoms with Gasteiger partial charge in [-0.3, -0.25) is 4.98 Å². The van der Waals surface area contributed by atoms with Crippen LogP contribution in [0.2, 0.25) is 0 Å². The molecule has 3 rings (SSSR count). The van der Waals surface area contributed by atoms with E-state index in [0.29, 0.717) is 32.8 Å². The summed E-state index contributed by atoms with van der Waals surface area (Å²) in [4.78, 5) is 22.9. The van der Waals surface area contributed by atoms with Gasteiger partial charge in [-0.2, -0.15) is 0 Å². The zero-order chi connectivity index (χ0) is 17.5. The Morgan fingerprint density at radius 1 is 1.44 bits per heavy atom. The Morgan fingerprint density at radius 3 is 3.16 bits per heavy atom. The Labute approximate surface area is 147 Å². The van der Waals surface area contributed by atoms with Crippen LogP contribution in [0.3, 0.4) is 0 Å². The number of carbonyl (C=O) groups is 1. The molecule has 25 heavy (non-hydrogen) atoms. The number of fused-ring (bicyclic) bond motifs is 1. The molecule has 2 amide bonds. The van der Waals surface area contributed by atoms with Crippen molar-refractivity contribution in [3.05, 3.63) is 61.0 Å². The molecule has 1 aliphatic rings. The van der Waals surface area contributed by atoms with Gasteiger partial charge in [0.2, 0.25) is 0 Å². The first-order valence-electron chi connectivity index (χ1n) is 8.36. The van der Waals surface area contributed by atoms with Gasteiger partial charge in [-0.1, -0.05) is 12.1 Å². The van der Waals surface area contributed by atoms with Crippen molar-refractivity contribution < 1.29 is 9.53 Å². The van der Waals surface area contributed by atoms with Crippen molar-refractivity contribution in [1.29, 1.82) is 0 Å². The topological polar surface area (TPSA) is 72.3 Å². The number of carbonyl (C=O) groups excluding carboxylic acids is 1. The maximum atomic E-state index is 12.6. The fourth-order valence-corrected chi connectivity index (χ4v) is 2.91. The van der Waals surface area contributed by atoms with Crippen LogP contribution in [0.4, 0.5) is 4.79 Å². The summed E-state index contributed by atoms with van der Waals surface area (Å²) in [6, 6.07) is 3.69. The Balaban J connectivity index is 1.64. The van der Waals surface area contributed by atoms with Crippen molar-refractivity contribution in [1.82, 2.24) is 24.8 Å². The number of hydrogen-bond acceptors (Lipinski definition) is 4. The number of nitrogens with one attached hydrogen (secondary N) is 1. The van der Waals surface area contributed by atoms with Gasteiger partial charge in [-0.25, -0.2) is 9.78 Å². The normalized spacial score (nSPS) is 16.8. The highest BCUT2D eigenvalue weighted by Gasteiger charge is 2.25. The van der Waals surface area contributed by atoms with E-state index < -0.39 is 0 Å². The first-order chi connectivity index (χ1) is 12.3. The standard InChI is InChI=1S/C18H23N5O2/c1-2-8-25-14-16-11-22-7-6-20-17(22)13-23(12-16)18(24)21-10-15-4-3-5-19-9-15/h2-7,9,16H,1,8,10-14H2,(H,21,24)/t16-/m1/s1. The monoisotopic (exact) mass is 341 g/mol. The Morgan fingerprint density at radius 2 is 2.36 bits per heavy atom. The average Bonchev–Trinajstić information content (AvgIpc) is 2.99. The van der Waals surface area contributed by atoms with Crippen molar-refractivity contribution in [3.8, 4) is 0 Å². The largest absolute Gasteiger partial charge is 0.377 e. The van der Waals surface area contributed by atoms with Gasteiger partial charge in [0, 0.05) is 50.3 Å². The predicted octanol–water partition coefficient (Wildman–Crippen LogP) is 1.82. The van der Waals surface area contributed by atoms with E-state index in [1.165, 1.54) is 0 Å². The SMILES string of the molecule is C=CCOC[C@H]1CN(C(=O)NCc2cccnc2)Cc2nccn2C1. The summed E-state index contributed by atoms with van der Waals surface area (Å²) < 4.78 is 7.70. The molecule has 0 saturated carbocycles. The molecule has 7 nitrogen and oxygen atoms in total. The molecule has 3 heterocycles. The first kappa shape index (κ1) is 17.2. The molecule has 1 atom stereocenters. The Bertz CT molecular complexity index is 701. The lowest BCUT2D eigenvalue weighted by Crippen LogP contribution is -2.41. The van der Waals surface area contributed by atoms with Crippen LogP contribution < -0.4 is 5.32 Å². The van der Waals surface area contributed by atoms with Crippen LogP contribution in [0, 0.1) is 5.92 Å². The van der Waals surface area contributed by atoms with Crippen molar-refractivity contribution in [2.75, 3.05) is 19.8 Å². The summed E-state index contributed by atoms with van der Waals surface area (Å²) in [6.45, 7) is 7.12. The zero-order valence-corrected chi connectivity index (χ0v) is 14.2. The number of rotatable bonds is 6. The number of urea groups is 1. The molecule has 0 aromatic carbocycles. The van der Waals surface area contributed by atoms with E-state index in [9.17, 15) is 4.79 Å². The molecule has 1 N–H and O–H groups in total. The lowest BCUT2D eigenvalue weighted by molar-refractivity contribution is 0.101. The third kappa shape index (κ3) is 4.67. The van der Waals surface area contributed by atoms with Gasteiger partial charge in [0.25, 0.3) is 0 Å². The molecule has 0 saturated heterocycles. The second-order valence-electron chi connectivity index (χ2n) is 6.09. The molecular formula is C18H23N5O2. The minimum Gasteiger partial charge on any atom is -0.377 e. The van der Waals surface area contributed by atoms with Crippen LogP contribution >= 0.6 is 0 Å². The van der Waals surface area contributed by atoms with Gasteiger partial charge < -0.3 is 19.5 Å². The van der Waals surface area contributed by atoms with Crippen LogP contribution in [0.1, 0.15) is 11.4 Å². The highest BCUT2D eigenvalue weighted by Crippen LogP contribution is 2.16. The molecule has 0 bridgehead atoms. The Hall–Kier alpha value is -2.67. The number of hydrogen-bond donors (Lipinski definition) is 1.